The van der Waals surface area contributed by atoms with Crippen LogP contribution in [0.15, 0.2) is 132 Å². The third-order valence-electron chi connectivity index (χ3n) is 6.57. The molecule has 0 N–H and O–H groups in total. The average Bonchev–Trinajstić information content (AvgIpc) is 3.59. The molecule has 1 aliphatic rings. The molecule has 6 rings (SSSR count). The Labute approximate surface area is 233 Å². The number of aromatic nitrogens is 2. The topological polar surface area (TPSA) is 59.7 Å². The number of nitrogens with zero attached hydrogens (tertiary/aromatic N) is 4. The van der Waals surface area contributed by atoms with Gasteiger partial charge in [0.1, 0.15) is 17.2 Å². The van der Waals surface area contributed by atoms with Crippen LogP contribution in [0.4, 0.5) is 5.69 Å². The molecule has 2 heterocycles. The lowest BCUT2D eigenvalue weighted by Gasteiger charge is -2.11. The fourth-order valence-corrected chi connectivity index (χ4v) is 4.64. The molecule has 0 unspecified atom stereocenters. The van der Waals surface area contributed by atoms with E-state index in [1.807, 2.05) is 132 Å². The predicted molar refractivity (Wildman–Crippen MR) is 160 cm³/mol. The van der Waals surface area contributed by atoms with Crippen molar-refractivity contribution in [3.63, 3.8) is 0 Å². The fourth-order valence-electron chi connectivity index (χ4n) is 4.64. The van der Waals surface area contributed by atoms with Crippen LogP contribution < -0.4 is 9.75 Å². The minimum absolute atomic E-state index is 0.191. The molecule has 6 heteroatoms. The second-order valence-electron chi connectivity index (χ2n) is 9.41. The Hall–Kier alpha value is -5.23. The minimum Gasteiger partial charge on any atom is -0.494 e. The van der Waals surface area contributed by atoms with Gasteiger partial charge in [0.15, 0.2) is 0 Å². The molecule has 1 aromatic heterocycles. The predicted octanol–water partition coefficient (Wildman–Crippen LogP) is 7.16. The zero-order valence-electron chi connectivity index (χ0n) is 22.1. The summed E-state index contributed by atoms with van der Waals surface area (Å²) in [5.41, 5.74) is 6.08. The van der Waals surface area contributed by atoms with Crippen LogP contribution in [0, 0.1) is 0 Å². The molecule has 4 aromatic carbocycles. The van der Waals surface area contributed by atoms with Crippen LogP contribution in [0.2, 0.25) is 0 Å². The van der Waals surface area contributed by atoms with Crippen LogP contribution in [-0.4, -0.2) is 28.0 Å². The van der Waals surface area contributed by atoms with Gasteiger partial charge < -0.3 is 4.74 Å². The maximum atomic E-state index is 13.9. The molecule has 0 bridgehead atoms. The molecule has 1 aliphatic heterocycles. The third-order valence-corrected chi connectivity index (χ3v) is 6.57. The van der Waals surface area contributed by atoms with E-state index in [0.717, 1.165) is 40.2 Å². The average molecular weight is 525 g/mol. The molecule has 196 valence electrons. The van der Waals surface area contributed by atoms with Crippen molar-refractivity contribution in [2.45, 2.75) is 13.3 Å². The highest BCUT2D eigenvalue weighted by molar-refractivity contribution is 6.37. The van der Waals surface area contributed by atoms with Crippen molar-refractivity contribution in [2.24, 2.45) is 5.10 Å². The van der Waals surface area contributed by atoms with Gasteiger partial charge in [-0.05, 0) is 48.9 Å². The Bertz CT molecular complexity index is 1690. The summed E-state index contributed by atoms with van der Waals surface area (Å²) in [5, 5.41) is 11.2. The first kappa shape index (κ1) is 25.1. The van der Waals surface area contributed by atoms with E-state index in [1.54, 1.807) is 0 Å². The molecule has 0 aliphatic carbocycles. The first-order valence-corrected chi connectivity index (χ1v) is 13.3. The van der Waals surface area contributed by atoms with Crippen LogP contribution in [-0.2, 0) is 4.79 Å². The number of para-hydroxylation sites is 2. The van der Waals surface area contributed by atoms with Gasteiger partial charge in [-0.3, -0.25) is 4.79 Å². The molecule has 6 nitrogen and oxygen atoms in total. The summed E-state index contributed by atoms with van der Waals surface area (Å²) < 4.78 is 7.75. The van der Waals surface area contributed by atoms with E-state index in [-0.39, 0.29) is 5.91 Å². The molecule has 0 fully saturated rings. The number of hydrazone groups is 1. The smallest absolute Gasteiger partial charge is 0.281 e. The summed E-state index contributed by atoms with van der Waals surface area (Å²) in [7, 11) is 0. The standard InChI is InChI=1S/C34H28N4O2/c1-2-21-40-30-20-12-15-26(22-30)32-27(24-37(35-32)28-16-8-4-9-17-28)23-31-33(25-13-6-3-7-14-25)36-38(34(31)39)29-18-10-5-11-19-29/h3-20,22-24H,2,21H2,1H3. The first-order valence-electron chi connectivity index (χ1n) is 13.3. The Kier molecular flexibility index (Phi) is 7.05. The van der Waals surface area contributed by atoms with Crippen LogP contribution >= 0.6 is 0 Å². The molecule has 40 heavy (non-hydrogen) atoms. The number of anilines is 1. The highest BCUT2D eigenvalue weighted by Crippen LogP contribution is 2.32. The molecule has 0 radical (unpaired) electrons. The highest BCUT2D eigenvalue weighted by atomic mass is 16.5. The van der Waals surface area contributed by atoms with E-state index < -0.39 is 0 Å². The number of benzene rings is 4. The minimum atomic E-state index is -0.191. The summed E-state index contributed by atoms with van der Waals surface area (Å²) in [4.78, 5) is 13.9. The molecular formula is C34H28N4O2. The lowest BCUT2D eigenvalue weighted by molar-refractivity contribution is -0.114. The summed E-state index contributed by atoms with van der Waals surface area (Å²) in [5.74, 6) is 0.592. The van der Waals surface area contributed by atoms with Crippen LogP contribution in [0.25, 0.3) is 23.0 Å². The van der Waals surface area contributed by atoms with Gasteiger partial charge in [-0.25, -0.2) is 4.68 Å². The van der Waals surface area contributed by atoms with E-state index >= 15 is 0 Å². The van der Waals surface area contributed by atoms with Gasteiger partial charge in [-0.2, -0.15) is 15.2 Å². The number of amides is 1. The van der Waals surface area contributed by atoms with Crippen LogP contribution in [0.5, 0.6) is 5.75 Å². The van der Waals surface area contributed by atoms with Gasteiger partial charge in [-0.15, -0.1) is 0 Å². The molecule has 0 saturated heterocycles. The van der Waals surface area contributed by atoms with Gasteiger partial charge in [0, 0.05) is 22.9 Å². The van der Waals surface area contributed by atoms with E-state index in [9.17, 15) is 4.79 Å². The SMILES string of the molecule is CCCOc1cccc(-c2nn(-c3ccccc3)cc2C=C2C(=O)N(c3ccccc3)N=C2c2ccccc2)c1. The molecule has 0 spiro atoms. The van der Waals surface area contributed by atoms with Crippen LogP contribution in [0.1, 0.15) is 24.5 Å². The van der Waals surface area contributed by atoms with Crippen molar-refractivity contribution < 1.29 is 9.53 Å². The van der Waals surface area contributed by atoms with Crippen molar-refractivity contribution in [3.8, 4) is 22.7 Å². The van der Waals surface area contributed by atoms with E-state index in [4.69, 9.17) is 14.9 Å². The maximum absolute atomic E-state index is 13.9. The fraction of sp³-hybridized carbons (Fsp3) is 0.0882. The monoisotopic (exact) mass is 524 g/mol. The third kappa shape index (κ3) is 5.07. The molecule has 1 amide bonds. The normalized spacial score (nSPS) is 14.0. The van der Waals surface area contributed by atoms with E-state index in [0.29, 0.717) is 23.6 Å². The van der Waals surface area contributed by atoms with Crippen molar-refractivity contribution in [1.82, 2.24) is 9.78 Å². The number of hydrogen-bond acceptors (Lipinski definition) is 4. The first-order chi connectivity index (χ1) is 19.7. The Balaban J connectivity index is 1.50. The quantitative estimate of drug-likeness (QED) is 0.202. The van der Waals surface area contributed by atoms with E-state index in [2.05, 4.69) is 6.92 Å². The van der Waals surface area contributed by atoms with Gasteiger partial charge >= 0.3 is 0 Å². The number of ether oxygens (including phenoxy) is 1. The Morgan fingerprint density at radius 1 is 0.775 bits per heavy atom. The van der Waals surface area contributed by atoms with Gasteiger partial charge in [-0.1, -0.05) is 85.8 Å². The van der Waals surface area contributed by atoms with Crippen LogP contribution in [0.3, 0.4) is 0 Å². The number of rotatable bonds is 8. The maximum Gasteiger partial charge on any atom is 0.281 e. The van der Waals surface area contributed by atoms with Gasteiger partial charge in [0.05, 0.1) is 23.6 Å². The number of hydrogen-bond donors (Lipinski definition) is 0. The summed E-state index contributed by atoms with van der Waals surface area (Å²) in [6.45, 7) is 2.72. The van der Waals surface area contributed by atoms with Gasteiger partial charge in [0.25, 0.3) is 5.91 Å². The summed E-state index contributed by atoms with van der Waals surface area (Å²) in [6.07, 6.45) is 4.78. The van der Waals surface area contributed by atoms with Crippen molar-refractivity contribution in [2.75, 3.05) is 11.6 Å². The van der Waals surface area contributed by atoms with Gasteiger partial charge in [0.2, 0.25) is 0 Å². The summed E-state index contributed by atoms with van der Waals surface area (Å²) in [6, 6.07) is 37.1. The van der Waals surface area contributed by atoms with Crippen molar-refractivity contribution >= 4 is 23.4 Å². The Morgan fingerprint density at radius 3 is 2.12 bits per heavy atom. The molecule has 5 aromatic rings. The number of carbonyl (C=O) groups excluding carboxylic acids is 1. The summed E-state index contributed by atoms with van der Waals surface area (Å²) >= 11 is 0. The highest BCUT2D eigenvalue weighted by Gasteiger charge is 2.32. The molecular weight excluding hydrogens is 496 g/mol. The molecule has 0 atom stereocenters. The zero-order chi connectivity index (χ0) is 27.3. The van der Waals surface area contributed by atoms with E-state index in [1.165, 1.54) is 5.01 Å². The Morgan fingerprint density at radius 2 is 1.43 bits per heavy atom. The van der Waals surface area contributed by atoms with Crippen molar-refractivity contribution in [3.05, 3.63) is 138 Å². The second kappa shape index (κ2) is 11.3. The zero-order valence-corrected chi connectivity index (χ0v) is 22.1. The number of carbonyl (C=O) groups is 1. The second-order valence-corrected chi connectivity index (χ2v) is 9.41. The lowest BCUT2D eigenvalue weighted by Crippen LogP contribution is -2.21. The van der Waals surface area contributed by atoms with Crippen molar-refractivity contribution in [1.29, 1.82) is 0 Å². The lowest BCUT2D eigenvalue weighted by atomic mass is 9.99. The largest absolute Gasteiger partial charge is 0.494 e. The molecule has 0 saturated carbocycles.